The van der Waals surface area contributed by atoms with Gasteiger partial charge in [-0.05, 0) is 48.9 Å². The topological polar surface area (TPSA) is 101 Å². The van der Waals surface area contributed by atoms with E-state index in [2.05, 4.69) is 20.0 Å². The number of hydrogen-bond acceptors (Lipinski definition) is 6. The van der Waals surface area contributed by atoms with E-state index in [4.69, 9.17) is 0 Å². The van der Waals surface area contributed by atoms with Gasteiger partial charge in [0.1, 0.15) is 10.7 Å². The summed E-state index contributed by atoms with van der Waals surface area (Å²) in [6.07, 6.45) is 3.25. The number of nitrogens with one attached hydrogen (secondary N) is 2. The summed E-state index contributed by atoms with van der Waals surface area (Å²) in [6.45, 7) is 1.93. The first kappa shape index (κ1) is 18.9. The quantitative estimate of drug-likeness (QED) is 0.655. The van der Waals surface area contributed by atoms with Crippen LogP contribution in [0.15, 0.2) is 53.7 Å². The number of carbonyl (C=O) groups excluding carboxylic acids is 1. The lowest BCUT2D eigenvalue weighted by Crippen LogP contribution is -2.22. The zero-order chi connectivity index (χ0) is 19.4. The van der Waals surface area contributed by atoms with Gasteiger partial charge in [-0.15, -0.1) is 0 Å². The van der Waals surface area contributed by atoms with Crippen molar-refractivity contribution >= 4 is 32.4 Å². The van der Waals surface area contributed by atoms with E-state index in [1.807, 2.05) is 0 Å². The van der Waals surface area contributed by atoms with Gasteiger partial charge in [-0.2, -0.15) is 0 Å². The standard InChI is InChI=1S/C17H15FN4O3S2/c1-11-15(16(23)20-10-12-6-8-19-9-7-12)26-17(21-11)22-27(24,25)14-4-2-13(18)3-5-14/h2-9H,10H2,1H3,(H,20,23)(H,21,22). The Labute approximate surface area is 159 Å². The number of halogens is 1. The van der Waals surface area contributed by atoms with Gasteiger partial charge in [0.05, 0.1) is 10.6 Å². The van der Waals surface area contributed by atoms with Crippen LogP contribution in [0.25, 0.3) is 0 Å². The second-order valence-corrected chi connectivity index (χ2v) is 8.21. The van der Waals surface area contributed by atoms with Crippen molar-refractivity contribution in [1.82, 2.24) is 15.3 Å². The van der Waals surface area contributed by atoms with Crippen LogP contribution in [-0.4, -0.2) is 24.3 Å². The Morgan fingerprint density at radius 1 is 1.15 bits per heavy atom. The number of hydrogen-bond donors (Lipinski definition) is 2. The van der Waals surface area contributed by atoms with E-state index in [0.717, 1.165) is 41.2 Å². The molecule has 2 aromatic heterocycles. The third kappa shape index (κ3) is 4.66. The number of nitrogens with zero attached hydrogens (tertiary/aromatic N) is 2. The van der Waals surface area contributed by atoms with E-state index >= 15 is 0 Å². The van der Waals surface area contributed by atoms with E-state index in [9.17, 15) is 17.6 Å². The minimum atomic E-state index is -3.92. The first-order valence-electron chi connectivity index (χ1n) is 7.78. The zero-order valence-electron chi connectivity index (χ0n) is 14.1. The van der Waals surface area contributed by atoms with Crippen molar-refractivity contribution in [3.63, 3.8) is 0 Å². The molecule has 7 nitrogen and oxygen atoms in total. The Morgan fingerprint density at radius 2 is 1.81 bits per heavy atom. The fourth-order valence-corrected chi connectivity index (χ4v) is 4.32. The van der Waals surface area contributed by atoms with Crippen molar-refractivity contribution < 1.29 is 17.6 Å². The van der Waals surface area contributed by atoms with Crippen LogP contribution >= 0.6 is 11.3 Å². The van der Waals surface area contributed by atoms with Crippen LogP contribution in [0, 0.1) is 12.7 Å². The number of carbonyl (C=O) groups is 1. The fourth-order valence-electron chi connectivity index (χ4n) is 2.20. The van der Waals surface area contributed by atoms with Crippen molar-refractivity contribution in [2.45, 2.75) is 18.4 Å². The highest BCUT2D eigenvalue weighted by atomic mass is 32.2. The third-order valence-electron chi connectivity index (χ3n) is 3.55. The van der Waals surface area contributed by atoms with E-state index in [1.165, 1.54) is 0 Å². The van der Waals surface area contributed by atoms with E-state index in [0.29, 0.717) is 17.1 Å². The summed E-state index contributed by atoms with van der Waals surface area (Å²) in [5.41, 5.74) is 1.29. The van der Waals surface area contributed by atoms with Gasteiger partial charge in [-0.1, -0.05) is 11.3 Å². The Kier molecular flexibility index (Phi) is 5.47. The summed E-state index contributed by atoms with van der Waals surface area (Å²) in [6, 6.07) is 7.98. The molecule has 0 radical (unpaired) electrons. The molecule has 0 spiro atoms. The molecular formula is C17H15FN4O3S2. The summed E-state index contributed by atoms with van der Waals surface area (Å²) >= 11 is 0.928. The first-order chi connectivity index (χ1) is 12.8. The van der Waals surface area contributed by atoms with Gasteiger partial charge in [-0.3, -0.25) is 14.5 Å². The predicted octanol–water partition coefficient (Wildman–Crippen LogP) is 2.72. The average Bonchev–Trinajstić information content (AvgIpc) is 3.00. The molecule has 0 atom stereocenters. The highest BCUT2D eigenvalue weighted by Gasteiger charge is 2.20. The second kappa shape index (κ2) is 7.80. The molecular weight excluding hydrogens is 391 g/mol. The van der Waals surface area contributed by atoms with Crippen LogP contribution < -0.4 is 10.0 Å². The number of rotatable bonds is 6. The molecule has 1 aromatic carbocycles. The van der Waals surface area contributed by atoms with E-state index in [1.54, 1.807) is 31.5 Å². The molecule has 140 valence electrons. The van der Waals surface area contributed by atoms with Crippen molar-refractivity contribution in [1.29, 1.82) is 0 Å². The van der Waals surface area contributed by atoms with Crippen molar-refractivity contribution in [2.75, 3.05) is 4.72 Å². The molecule has 10 heteroatoms. The molecule has 0 saturated carbocycles. The first-order valence-corrected chi connectivity index (χ1v) is 10.1. The molecule has 2 N–H and O–H groups in total. The average molecular weight is 406 g/mol. The number of benzene rings is 1. The third-order valence-corrected chi connectivity index (χ3v) is 6.11. The molecule has 0 saturated heterocycles. The van der Waals surface area contributed by atoms with Gasteiger partial charge in [0.2, 0.25) is 0 Å². The van der Waals surface area contributed by atoms with Crippen LogP contribution in [-0.2, 0) is 16.6 Å². The monoisotopic (exact) mass is 406 g/mol. The summed E-state index contributed by atoms with van der Waals surface area (Å²) in [5.74, 6) is -0.888. The van der Waals surface area contributed by atoms with Crippen LogP contribution in [0.4, 0.5) is 9.52 Å². The lowest BCUT2D eigenvalue weighted by Gasteiger charge is -2.05. The van der Waals surface area contributed by atoms with Gasteiger partial charge < -0.3 is 5.32 Å². The maximum Gasteiger partial charge on any atom is 0.263 e. The Balaban J connectivity index is 1.72. The smallest absolute Gasteiger partial charge is 0.263 e. The van der Waals surface area contributed by atoms with E-state index in [-0.39, 0.29) is 15.9 Å². The molecule has 27 heavy (non-hydrogen) atoms. The van der Waals surface area contributed by atoms with Crippen LogP contribution in [0.5, 0.6) is 0 Å². The molecule has 0 aliphatic heterocycles. The lowest BCUT2D eigenvalue weighted by molar-refractivity contribution is 0.0954. The Bertz CT molecular complexity index is 1050. The molecule has 1 amide bonds. The lowest BCUT2D eigenvalue weighted by atomic mass is 10.2. The number of anilines is 1. The van der Waals surface area contributed by atoms with Gasteiger partial charge in [-0.25, -0.2) is 17.8 Å². The maximum absolute atomic E-state index is 13.0. The normalized spacial score (nSPS) is 11.2. The molecule has 2 heterocycles. The van der Waals surface area contributed by atoms with Crippen molar-refractivity contribution in [2.24, 2.45) is 0 Å². The highest BCUT2D eigenvalue weighted by molar-refractivity contribution is 7.93. The second-order valence-electron chi connectivity index (χ2n) is 5.53. The molecule has 0 aliphatic rings. The zero-order valence-corrected chi connectivity index (χ0v) is 15.8. The molecule has 0 bridgehead atoms. The van der Waals surface area contributed by atoms with Crippen molar-refractivity contribution in [3.05, 3.63) is 70.7 Å². The van der Waals surface area contributed by atoms with Gasteiger partial charge in [0.15, 0.2) is 5.13 Å². The molecule has 3 aromatic rings. The SMILES string of the molecule is Cc1nc(NS(=O)(=O)c2ccc(F)cc2)sc1C(=O)NCc1ccncc1. The minimum absolute atomic E-state index is 0.0610. The van der Waals surface area contributed by atoms with Crippen LogP contribution in [0.3, 0.4) is 0 Å². The van der Waals surface area contributed by atoms with Gasteiger partial charge in [0.25, 0.3) is 15.9 Å². The minimum Gasteiger partial charge on any atom is -0.347 e. The molecule has 0 unspecified atom stereocenters. The molecule has 0 aliphatic carbocycles. The Hall–Kier alpha value is -2.85. The van der Waals surface area contributed by atoms with Crippen LogP contribution in [0.1, 0.15) is 20.9 Å². The number of pyridine rings is 1. The summed E-state index contributed by atoms with van der Waals surface area (Å²) < 4.78 is 40.0. The number of aromatic nitrogens is 2. The van der Waals surface area contributed by atoms with Crippen LogP contribution in [0.2, 0.25) is 0 Å². The number of thiazole rings is 1. The summed E-state index contributed by atoms with van der Waals surface area (Å²) in [7, 11) is -3.92. The molecule has 3 rings (SSSR count). The number of amides is 1. The number of aryl methyl sites for hydroxylation is 1. The maximum atomic E-state index is 13.0. The van der Waals surface area contributed by atoms with Gasteiger partial charge >= 0.3 is 0 Å². The summed E-state index contributed by atoms with van der Waals surface area (Å²) in [5, 5.41) is 2.82. The fraction of sp³-hybridized carbons (Fsp3) is 0.118. The largest absolute Gasteiger partial charge is 0.347 e. The molecule has 0 fully saturated rings. The van der Waals surface area contributed by atoms with E-state index < -0.39 is 15.8 Å². The Morgan fingerprint density at radius 3 is 2.48 bits per heavy atom. The predicted molar refractivity (Wildman–Crippen MR) is 99.5 cm³/mol. The highest BCUT2D eigenvalue weighted by Crippen LogP contribution is 2.25. The summed E-state index contributed by atoms with van der Waals surface area (Å²) in [4.78, 5) is 20.6. The van der Waals surface area contributed by atoms with Gasteiger partial charge in [0, 0.05) is 18.9 Å². The number of sulfonamides is 1. The van der Waals surface area contributed by atoms with Crippen molar-refractivity contribution in [3.8, 4) is 0 Å².